The van der Waals surface area contributed by atoms with Crippen molar-refractivity contribution in [3.63, 3.8) is 0 Å². The number of likely N-dealkylation sites (tertiary alicyclic amines) is 1. The van der Waals surface area contributed by atoms with Crippen molar-refractivity contribution in [1.29, 1.82) is 0 Å². The molecule has 2 amide bonds. The van der Waals surface area contributed by atoms with Crippen molar-refractivity contribution in [2.24, 2.45) is 0 Å². The predicted octanol–water partition coefficient (Wildman–Crippen LogP) is 4.21. The number of ether oxygens (including phenoxy) is 2. The number of benzene rings is 1. The highest BCUT2D eigenvalue weighted by Gasteiger charge is 2.28. The first-order valence-electron chi connectivity index (χ1n) is 12.9. The molecule has 2 aromatic heterocycles. The molecule has 37 heavy (non-hydrogen) atoms. The number of hydrogen-bond acceptors (Lipinski definition) is 6. The SMILES string of the molecule is C=CC(=O)N1CCCC[C@@H](n2c(NC(=O)c3ccnc(C)c3)nc3ccc(O[C@H]4CCOC4)c(C)c32)C1. The van der Waals surface area contributed by atoms with Gasteiger partial charge in [-0.15, -0.1) is 0 Å². The van der Waals surface area contributed by atoms with Crippen molar-refractivity contribution in [1.82, 2.24) is 19.4 Å². The number of anilines is 1. The van der Waals surface area contributed by atoms with Gasteiger partial charge >= 0.3 is 0 Å². The molecular weight excluding hydrogens is 470 g/mol. The molecule has 2 aliphatic rings. The summed E-state index contributed by atoms with van der Waals surface area (Å²) in [5.74, 6) is 0.888. The summed E-state index contributed by atoms with van der Waals surface area (Å²) >= 11 is 0. The van der Waals surface area contributed by atoms with Crippen LogP contribution in [-0.2, 0) is 9.53 Å². The maximum absolute atomic E-state index is 13.2. The molecule has 0 saturated carbocycles. The van der Waals surface area contributed by atoms with Gasteiger partial charge in [0.05, 0.1) is 30.3 Å². The third kappa shape index (κ3) is 5.22. The first kappa shape index (κ1) is 25.0. The van der Waals surface area contributed by atoms with Crippen molar-refractivity contribution >= 4 is 28.8 Å². The zero-order valence-electron chi connectivity index (χ0n) is 21.4. The van der Waals surface area contributed by atoms with Crippen molar-refractivity contribution in [2.45, 2.75) is 51.7 Å². The second-order valence-electron chi connectivity index (χ2n) is 9.74. The van der Waals surface area contributed by atoms with Crippen LogP contribution in [-0.4, -0.2) is 63.7 Å². The Bertz CT molecular complexity index is 1330. The molecule has 1 N–H and O–H groups in total. The third-order valence-corrected chi connectivity index (χ3v) is 7.12. The Balaban J connectivity index is 1.58. The van der Waals surface area contributed by atoms with Crippen LogP contribution in [0.2, 0.25) is 0 Å². The second-order valence-corrected chi connectivity index (χ2v) is 9.74. The van der Waals surface area contributed by atoms with Gasteiger partial charge in [-0.2, -0.15) is 0 Å². The van der Waals surface area contributed by atoms with Crippen LogP contribution in [0.4, 0.5) is 5.95 Å². The van der Waals surface area contributed by atoms with Gasteiger partial charge in [-0.25, -0.2) is 4.98 Å². The molecular formula is C28H33N5O4. The lowest BCUT2D eigenvalue weighted by Crippen LogP contribution is -2.34. The first-order chi connectivity index (χ1) is 17.9. The number of nitrogens with zero attached hydrogens (tertiary/aromatic N) is 4. The monoisotopic (exact) mass is 503 g/mol. The van der Waals surface area contributed by atoms with Gasteiger partial charge in [0.25, 0.3) is 5.91 Å². The van der Waals surface area contributed by atoms with Crippen LogP contribution in [0.5, 0.6) is 5.75 Å². The van der Waals surface area contributed by atoms with E-state index in [1.807, 2.05) is 30.9 Å². The Morgan fingerprint density at radius 3 is 2.84 bits per heavy atom. The molecule has 0 spiro atoms. The molecule has 2 fully saturated rings. The number of pyridine rings is 1. The highest BCUT2D eigenvalue weighted by atomic mass is 16.5. The Morgan fingerprint density at radius 1 is 1.22 bits per heavy atom. The van der Waals surface area contributed by atoms with Crippen molar-refractivity contribution in [3.05, 3.63) is 59.9 Å². The number of imidazole rings is 1. The van der Waals surface area contributed by atoms with Gasteiger partial charge in [-0.3, -0.25) is 19.9 Å². The Hall–Kier alpha value is -3.72. The lowest BCUT2D eigenvalue weighted by atomic mass is 10.1. The van der Waals surface area contributed by atoms with Gasteiger partial charge in [0, 0.05) is 42.5 Å². The van der Waals surface area contributed by atoms with Gasteiger partial charge in [0.1, 0.15) is 11.9 Å². The van der Waals surface area contributed by atoms with E-state index in [0.29, 0.717) is 37.8 Å². The van der Waals surface area contributed by atoms with E-state index in [9.17, 15) is 9.59 Å². The van der Waals surface area contributed by atoms with Gasteiger partial charge in [0.2, 0.25) is 11.9 Å². The van der Waals surface area contributed by atoms with Gasteiger partial charge < -0.3 is 18.9 Å². The molecule has 3 aromatic rings. The number of rotatable bonds is 6. The second kappa shape index (κ2) is 10.7. The number of hydrogen-bond donors (Lipinski definition) is 1. The van der Waals surface area contributed by atoms with E-state index in [-0.39, 0.29) is 24.0 Å². The molecule has 194 valence electrons. The molecule has 9 heteroatoms. The molecule has 0 aliphatic carbocycles. The zero-order valence-corrected chi connectivity index (χ0v) is 21.4. The van der Waals surface area contributed by atoms with Crippen LogP contribution in [0.25, 0.3) is 11.0 Å². The minimum absolute atomic E-state index is 0.0141. The Morgan fingerprint density at radius 2 is 2.08 bits per heavy atom. The summed E-state index contributed by atoms with van der Waals surface area (Å²) in [6.07, 6.45) is 6.57. The summed E-state index contributed by atoms with van der Waals surface area (Å²) < 4.78 is 13.9. The van der Waals surface area contributed by atoms with E-state index < -0.39 is 0 Å². The minimum atomic E-state index is -0.257. The van der Waals surface area contributed by atoms with E-state index in [2.05, 4.69) is 21.4 Å². The summed E-state index contributed by atoms with van der Waals surface area (Å²) in [6, 6.07) is 7.23. The number of carbonyl (C=O) groups excluding carboxylic acids is 2. The van der Waals surface area contributed by atoms with Crippen molar-refractivity contribution < 1.29 is 19.1 Å². The van der Waals surface area contributed by atoms with Gasteiger partial charge in [-0.05, 0) is 63.5 Å². The van der Waals surface area contributed by atoms with Crippen LogP contribution < -0.4 is 10.1 Å². The van der Waals surface area contributed by atoms with E-state index >= 15 is 0 Å². The van der Waals surface area contributed by atoms with Crippen LogP contribution in [0, 0.1) is 13.8 Å². The Kier molecular flexibility index (Phi) is 7.23. The maximum atomic E-state index is 13.2. The maximum Gasteiger partial charge on any atom is 0.258 e. The molecule has 5 rings (SSSR count). The molecule has 1 aromatic carbocycles. The Labute approximate surface area is 216 Å². The van der Waals surface area contributed by atoms with E-state index in [4.69, 9.17) is 14.5 Å². The largest absolute Gasteiger partial charge is 0.488 e. The van der Waals surface area contributed by atoms with Gasteiger partial charge in [0.15, 0.2) is 0 Å². The fourth-order valence-electron chi connectivity index (χ4n) is 5.21. The third-order valence-electron chi connectivity index (χ3n) is 7.12. The fraction of sp³-hybridized carbons (Fsp3) is 0.429. The lowest BCUT2D eigenvalue weighted by molar-refractivity contribution is -0.126. The molecule has 0 radical (unpaired) electrons. The van der Waals surface area contributed by atoms with Crippen LogP contribution in [0.3, 0.4) is 0 Å². The van der Waals surface area contributed by atoms with E-state index in [1.165, 1.54) is 6.08 Å². The fourth-order valence-corrected chi connectivity index (χ4v) is 5.21. The first-order valence-corrected chi connectivity index (χ1v) is 12.9. The summed E-state index contributed by atoms with van der Waals surface area (Å²) in [5, 5.41) is 3.04. The van der Waals surface area contributed by atoms with Crippen LogP contribution in [0.1, 0.15) is 53.3 Å². The molecule has 2 saturated heterocycles. The van der Waals surface area contributed by atoms with Crippen molar-refractivity contribution in [3.8, 4) is 5.75 Å². The summed E-state index contributed by atoms with van der Waals surface area (Å²) in [5.41, 5.74) is 3.88. The molecule has 2 aliphatic heterocycles. The molecule has 4 heterocycles. The number of aromatic nitrogens is 3. The normalized spacial score (nSPS) is 20.0. The molecule has 2 atom stereocenters. The average molecular weight is 504 g/mol. The zero-order chi connectivity index (χ0) is 25.9. The number of aryl methyl sites for hydroxylation is 2. The highest BCUT2D eigenvalue weighted by molar-refractivity contribution is 6.04. The minimum Gasteiger partial charge on any atom is -0.488 e. The summed E-state index contributed by atoms with van der Waals surface area (Å²) in [7, 11) is 0. The summed E-state index contributed by atoms with van der Waals surface area (Å²) in [4.78, 5) is 36.7. The van der Waals surface area contributed by atoms with Crippen LogP contribution >= 0.6 is 0 Å². The standard InChI is InChI=1S/C28H33N5O4/c1-4-25(34)32-13-6-5-7-21(16-32)33-26-19(3)24(37-22-11-14-36-17-22)9-8-23(26)30-28(33)31-27(35)20-10-12-29-18(2)15-20/h4,8-10,12,15,21-22H,1,5-7,11,13-14,16-17H2,2-3H3,(H,30,31,35)/t21-,22+/m1/s1. The number of amides is 2. The highest BCUT2D eigenvalue weighted by Crippen LogP contribution is 2.36. The number of fused-ring (bicyclic) bond motifs is 1. The number of nitrogens with one attached hydrogen (secondary N) is 1. The quantitative estimate of drug-likeness (QED) is 0.506. The molecule has 9 nitrogen and oxygen atoms in total. The molecule has 0 unspecified atom stereocenters. The summed E-state index contributed by atoms with van der Waals surface area (Å²) in [6.45, 7) is 10.0. The lowest BCUT2D eigenvalue weighted by Gasteiger charge is -2.26. The topological polar surface area (TPSA) is 98.6 Å². The van der Waals surface area contributed by atoms with E-state index in [0.717, 1.165) is 53.7 Å². The van der Waals surface area contributed by atoms with Crippen LogP contribution in [0.15, 0.2) is 43.1 Å². The van der Waals surface area contributed by atoms with Gasteiger partial charge in [-0.1, -0.05) is 6.58 Å². The molecule has 0 bridgehead atoms. The number of carbonyl (C=O) groups is 2. The predicted molar refractivity (Wildman–Crippen MR) is 141 cm³/mol. The van der Waals surface area contributed by atoms with Crippen molar-refractivity contribution in [2.75, 3.05) is 31.6 Å². The smallest absolute Gasteiger partial charge is 0.258 e. The average Bonchev–Trinajstić information content (AvgIpc) is 3.46. The van der Waals surface area contributed by atoms with E-state index in [1.54, 1.807) is 18.3 Å².